The minimum atomic E-state index is -0.625. The normalized spacial score (nSPS) is 12.4. The maximum Gasteiger partial charge on any atom is 0.252 e. The van der Waals surface area contributed by atoms with Crippen LogP contribution < -0.4 is 10.9 Å². The molecule has 0 amide bonds. The van der Waals surface area contributed by atoms with Crippen molar-refractivity contribution in [1.29, 1.82) is 0 Å². The molecule has 5 nitrogen and oxygen atoms in total. The Labute approximate surface area is 152 Å². The summed E-state index contributed by atoms with van der Waals surface area (Å²) < 4.78 is 5.52. The Morgan fingerprint density at radius 3 is 2.77 bits per heavy atom. The summed E-state index contributed by atoms with van der Waals surface area (Å²) in [4.78, 5) is 15.0. The summed E-state index contributed by atoms with van der Waals surface area (Å²) in [5.74, 6) is 0. The van der Waals surface area contributed by atoms with Gasteiger partial charge in [0.15, 0.2) is 0 Å². The maximum atomic E-state index is 12.1. The minimum Gasteiger partial charge on any atom is -0.389 e. The highest BCUT2D eigenvalue weighted by molar-refractivity contribution is 5.79. The van der Waals surface area contributed by atoms with E-state index in [0.717, 1.165) is 22.0 Å². The molecule has 1 unspecified atom stereocenters. The highest BCUT2D eigenvalue weighted by Gasteiger charge is 2.07. The van der Waals surface area contributed by atoms with E-state index in [1.807, 2.05) is 61.5 Å². The summed E-state index contributed by atoms with van der Waals surface area (Å²) in [5, 5.41) is 14.1. The Morgan fingerprint density at radius 1 is 1.15 bits per heavy atom. The van der Waals surface area contributed by atoms with Gasteiger partial charge in [0, 0.05) is 24.2 Å². The number of aromatic nitrogens is 1. The molecule has 1 aromatic heterocycles. The van der Waals surface area contributed by atoms with Crippen LogP contribution in [0.25, 0.3) is 10.9 Å². The second-order valence-electron chi connectivity index (χ2n) is 6.50. The van der Waals surface area contributed by atoms with Crippen LogP contribution in [0.15, 0.2) is 59.4 Å². The number of benzene rings is 2. The molecule has 0 fully saturated rings. The molecular formula is C21H24N2O3. The van der Waals surface area contributed by atoms with Crippen molar-refractivity contribution in [3.63, 3.8) is 0 Å². The number of aromatic amines is 1. The third-order valence-electron chi connectivity index (χ3n) is 4.19. The monoisotopic (exact) mass is 352 g/mol. The van der Waals surface area contributed by atoms with Gasteiger partial charge in [0.25, 0.3) is 5.56 Å². The van der Waals surface area contributed by atoms with E-state index >= 15 is 0 Å². The molecule has 0 aliphatic carbocycles. The molecule has 26 heavy (non-hydrogen) atoms. The van der Waals surface area contributed by atoms with Crippen molar-refractivity contribution >= 4 is 10.9 Å². The van der Waals surface area contributed by atoms with Crippen LogP contribution in [0.1, 0.15) is 16.7 Å². The third-order valence-corrected chi connectivity index (χ3v) is 4.19. The molecule has 0 bridgehead atoms. The van der Waals surface area contributed by atoms with Crippen LogP contribution in [0, 0.1) is 6.92 Å². The van der Waals surface area contributed by atoms with E-state index in [2.05, 4.69) is 10.3 Å². The molecule has 5 heteroatoms. The number of hydrogen-bond acceptors (Lipinski definition) is 4. The molecule has 0 spiro atoms. The predicted molar refractivity (Wildman–Crippen MR) is 103 cm³/mol. The Morgan fingerprint density at radius 2 is 1.96 bits per heavy atom. The van der Waals surface area contributed by atoms with Crippen molar-refractivity contribution in [2.45, 2.75) is 26.2 Å². The van der Waals surface area contributed by atoms with E-state index in [-0.39, 0.29) is 12.2 Å². The van der Waals surface area contributed by atoms with E-state index < -0.39 is 6.10 Å². The summed E-state index contributed by atoms with van der Waals surface area (Å²) in [5.41, 5.74) is 3.60. The first-order valence-corrected chi connectivity index (χ1v) is 8.75. The minimum absolute atomic E-state index is 0.108. The second kappa shape index (κ2) is 8.76. The van der Waals surface area contributed by atoms with Crippen molar-refractivity contribution < 1.29 is 9.84 Å². The topological polar surface area (TPSA) is 74.4 Å². The number of rotatable bonds is 8. The zero-order valence-electron chi connectivity index (χ0n) is 14.9. The summed E-state index contributed by atoms with van der Waals surface area (Å²) in [7, 11) is 0. The Kier molecular flexibility index (Phi) is 6.17. The van der Waals surface area contributed by atoms with Gasteiger partial charge in [-0.05, 0) is 36.1 Å². The molecule has 3 aromatic rings. The molecule has 2 aromatic carbocycles. The molecular weight excluding hydrogens is 328 g/mol. The number of pyridine rings is 1. The standard InChI is InChI=1S/C21H24N2O3/c1-15-7-8-20-17(9-15)10-18(21(25)23-20)11-22-12-19(24)14-26-13-16-5-3-2-4-6-16/h2-10,19,22,24H,11-14H2,1H3,(H,23,25). The number of nitrogens with one attached hydrogen (secondary N) is 2. The second-order valence-corrected chi connectivity index (χ2v) is 6.50. The summed E-state index contributed by atoms with van der Waals surface area (Å²) in [6.45, 7) is 3.50. The van der Waals surface area contributed by atoms with E-state index in [4.69, 9.17) is 4.74 Å². The first-order valence-electron chi connectivity index (χ1n) is 8.75. The van der Waals surface area contributed by atoms with E-state index in [1.54, 1.807) is 0 Å². The maximum absolute atomic E-state index is 12.1. The molecule has 3 N–H and O–H groups in total. The van der Waals surface area contributed by atoms with E-state index in [0.29, 0.717) is 25.3 Å². The fourth-order valence-corrected chi connectivity index (χ4v) is 2.82. The van der Waals surface area contributed by atoms with Gasteiger partial charge >= 0.3 is 0 Å². The Balaban J connectivity index is 1.47. The van der Waals surface area contributed by atoms with Gasteiger partial charge in [0.2, 0.25) is 0 Å². The van der Waals surface area contributed by atoms with Crippen LogP contribution in [0.2, 0.25) is 0 Å². The number of fused-ring (bicyclic) bond motifs is 1. The van der Waals surface area contributed by atoms with Gasteiger partial charge in [-0.1, -0.05) is 42.0 Å². The number of aryl methyl sites for hydroxylation is 1. The molecule has 1 atom stereocenters. The molecule has 0 aliphatic heterocycles. The molecule has 0 aliphatic rings. The first-order chi connectivity index (χ1) is 12.6. The largest absolute Gasteiger partial charge is 0.389 e. The van der Waals surface area contributed by atoms with Gasteiger partial charge in [-0.15, -0.1) is 0 Å². The third kappa shape index (κ3) is 5.02. The predicted octanol–water partition coefficient (Wildman–Crippen LogP) is 2.50. The number of ether oxygens (including phenoxy) is 1. The van der Waals surface area contributed by atoms with Crippen molar-refractivity contribution in [3.05, 3.63) is 81.6 Å². The molecule has 0 saturated heterocycles. The van der Waals surface area contributed by atoms with Gasteiger partial charge in [0.05, 0.1) is 19.3 Å². The van der Waals surface area contributed by atoms with E-state index in [1.165, 1.54) is 0 Å². The Bertz CT molecular complexity index is 906. The summed E-state index contributed by atoms with van der Waals surface area (Å²) >= 11 is 0. The molecule has 1 heterocycles. The number of aliphatic hydroxyl groups is 1. The lowest BCUT2D eigenvalue weighted by molar-refractivity contribution is 0.0287. The van der Waals surface area contributed by atoms with Gasteiger partial charge in [0.1, 0.15) is 0 Å². The number of aliphatic hydroxyl groups excluding tert-OH is 1. The van der Waals surface area contributed by atoms with Crippen LogP contribution in [0.3, 0.4) is 0 Å². The fourth-order valence-electron chi connectivity index (χ4n) is 2.82. The van der Waals surface area contributed by atoms with Gasteiger partial charge in [-0.2, -0.15) is 0 Å². The lowest BCUT2D eigenvalue weighted by atomic mass is 10.1. The fraction of sp³-hybridized carbons (Fsp3) is 0.286. The van der Waals surface area contributed by atoms with Gasteiger partial charge in [-0.3, -0.25) is 4.79 Å². The average Bonchev–Trinajstić information content (AvgIpc) is 2.63. The molecule has 3 rings (SSSR count). The molecule has 0 saturated carbocycles. The van der Waals surface area contributed by atoms with Gasteiger partial charge in [-0.25, -0.2) is 0 Å². The average molecular weight is 352 g/mol. The quantitative estimate of drug-likeness (QED) is 0.582. The number of H-pyrrole nitrogens is 1. The summed E-state index contributed by atoms with van der Waals surface area (Å²) in [6.07, 6.45) is -0.625. The van der Waals surface area contributed by atoms with Crippen molar-refractivity contribution in [1.82, 2.24) is 10.3 Å². The van der Waals surface area contributed by atoms with Gasteiger partial charge < -0.3 is 20.1 Å². The van der Waals surface area contributed by atoms with Crippen LogP contribution in [0.5, 0.6) is 0 Å². The smallest absolute Gasteiger partial charge is 0.252 e. The highest BCUT2D eigenvalue weighted by atomic mass is 16.5. The van der Waals surface area contributed by atoms with Crippen LogP contribution in [-0.2, 0) is 17.9 Å². The molecule has 136 valence electrons. The van der Waals surface area contributed by atoms with Crippen LogP contribution in [-0.4, -0.2) is 29.3 Å². The van der Waals surface area contributed by atoms with Crippen LogP contribution >= 0.6 is 0 Å². The van der Waals surface area contributed by atoms with Crippen molar-refractivity contribution in [3.8, 4) is 0 Å². The van der Waals surface area contributed by atoms with Crippen LogP contribution in [0.4, 0.5) is 0 Å². The molecule has 0 radical (unpaired) electrons. The van der Waals surface area contributed by atoms with Crippen molar-refractivity contribution in [2.75, 3.05) is 13.2 Å². The number of hydrogen-bond donors (Lipinski definition) is 3. The highest BCUT2D eigenvalue weighted by Crippen LogP contribution is 2.13. The lowest BCUT2D eigenvalue weighted by Crippen LogP contribution is -2.31. The SMILES string of the molecule is Cc1ccc2[nH]c(=O)c(CNCC(O)COCc3ccccc3)cc2c1. The summed E-state index contributed by atoms with van der Waals surface area (Å²) in [6, 6.07) is 17.7. The lowest BCUT2D eigenvalue weighted by Gasteiger charge is -2.12. The Hall–Kier alpha value is -2.47. The van der Waals surface area contributed by atoms with Crippen molar-refractivity contribution in [2.24, 2.45) is 0 Å². The zero-order valence-corrected chi connectivity index (χ0v) is 14.9. The first kappa shape index (κ1) is 18.3. The zero-order chi connectivity index (χ0) is 18.4. The van der Waals surface area contributed by atoms with E-state index in [9.17, 15) is 9.90 Å².